The van der Waals surface area contributed by atoms with Gasteiger partial charge >= 0.3 is 0 Å². The minimum atomic E-state index is 0.243. The molecule has 1 fully saturated rings. The maximum atomic E-state index is 6.13. The van der Waals surface area contributed by atoms with Gasteiger partial charge in [-0.2, -0.15) is 0 Å². The second-order valence-corrected chi connectivity index (χ2v) is 10.4. The maximum Gasteiger partial charge on any atom is 0.270 e. The highest BCUT2D eigenvalue weighted by Crippen LogP contribution is 2.30. The molecular formula is C27H30N6O2S. The van der Waals surface area contributed by atoms with E-state index in [4.69, 9.17) is 19.9 Å². The van der Waals surface area contributed by atoms with Gasteiger partial charge in [0.15, 0.2) is 11.5 Å². The third-order valence-electron chi connectivity index (χ3n) is 6.22. The molecular weight excluding hydrogens is 472 g/mol. The number of nitrogens with zero attached hydrogens (tertiary/aromatic N) is 4. The van der Waals surface area contributed by atoms with Crippen LogP contribution >= 0.6 is 11.8 Å². The Morgan fingerprint density at radius 2 is 1.81 bits per heavy atom. The quantitative estimate of drug-likeness (QED) is 0.298. The van der Waals surface area contributed by atoms with Crippen LogP contribution in [-0.4, -0.2) is 44.7 Å². The van der Waals surface area contributed by atoms with Crippen molar-refractivity contribution in [1.29, 1.82) is 0 Å². The molecule has 0 spiro atoms. The number of hydrogen-bond acceptors (Lipinski definition) is 9. The number of ether oxygens (including phenoxy) is 1. The first-order chi connectivity index (χ1) is 17.6. The molecule has 1 aliphatic heterocycles. The number of hydrogen-bond donors (Lipinski definition) is 2. The molecule has 2 aromatic heterocycles. The van der Waals surface area contributed by atoms with E-state index < -0.39 is 0 Å². The summed E-state index contributed by atoms with van der Waals surface area (Å²) < 4.78 is 11.4. The van der Waals surface area contributed by atoms with Crippen molar-refractivity contribution in [2.24, 2.45) is 0 Å². The molecule has 3 N–H and O–H groups in total. The van der Waals surface area contributed by atoms with Crippen molar-refractivity contribution in [1.82, 2.24) is 25.5 Å². The van der Waals surface area contributed by atoms with E-state index in [2.05, 4.69) is 58.6 Å². The van der Waals surface area contributed by atoms with E-state index in [1.54, 1.807) is 6.20 Å². The minimum Gasteiger partial charge on any atom is -0.414 e. The average molecular weight is 503 g/mol. The first kappa shape index (κ1) is 24.4. The van der Waals surface area contributed by atoms with Crippen LogP contribution in [0, 0.1) is 0 Å². The predicted molar refractivity (Wildman–Crippen MR) is 142 cm³/mol. The Hall–Kier alpha value is -3.27. The molecule has 8 nitrogen and oxygen atoms in total. The van der Waals surface area contributed by atoms with Gasteiger partial charge in [-0.05, 0) is 42.7 Å². The Kier molecular flexibility index (Phi) is 7.60. The number of nitrogens with two attached hydrogens (primary N) is 1. The summed E-state index contributed by atoms with van der Waals surface area (Å²) in [6, 6.07) is 16.8. The van der Waals surface area contributed by atoms with Crippen LogP contribution in [0.1, 0.15) is 32.3 Å². The maximum absolute atomic E-state index is 6.13. The Balaban J connectivity index is 1.30. The molecule has 2 atom stereocenters. The summed E-state index contributed by atoms with van der Waals surface area (Å²) in [6.07, 6.45) is 3.85. The lowest BCUT2D eigenvalue weighted by Crippen LogP contribution is -2.28. The van der Waals surface area contributed by atoms with E-state index >= 15 is 0 Å². The van der Waals surface area contributed by atoms with Gasteiger partial charge < -0.3 is 20.2 Å². The highest BCUT2D eigenvalue weighted by molar-refractivity contribution is 7.99. The summed E-state index contributed by atoms with van der Waals surface area (Å²) in [6.45, 7) is 6.82. The van der Waals surface area contributed by atoms with Crippen molar-refractivity contribution in [2.45, 2.75) is 49.4 Å². The molecule has 0 bridgehead atoms. The van der Waals surface area contributed by atoms with Crippen LogP contribution in [0.25, 0.3) is 34.3 Å². The molecule has 0 saturated carbocycles. The third-order valence-corrected chi connectivity index (χ3v) is 7.50. The minimum absolute atomic E-state index is 0.243. The normalized spacial score (nSPS) is 16.3. The highest BCUT2D eigenvalue weighted by Gasteiger charge is 2.18. The molecule has 5 rings (SSSR count). The number of aromatic nitrogens is 4. The monoisotopic (exact) mass is 502 g/mol. The van der Waals surface area contributed by atoms with E-state index in [9.17, 15) is 0 Å². The van der Waals surface area contributed by atoms with Gasteiger partial charge in [-0.15, -0.1) is 22.0 Å². The van der Waals surface area contributed by atoms with Gasteiger partial charge in [0.2, 0.25) is 5.89 Å². The first-order valence-corrected chi connectivity index (χ1v) is 13.1. The molecule has 186 valence electrons. The van der Waals surface area contributed by atoms with Crippen LogP contribution < -0.4 is 11.1 Å². The van der Waals surface area contributed by atoms with E-state index in [0.29, 0.717) is 28.6 Å². The van der Waals surface area contributed by atoms with Crippen LogP contribution in [-0.2, 0) is 11.3 Å². The summed E-state index contributed by atoms with van der Waals surface area (Å²) in [4.78, 5) is 10.3. The van der Waals surface area contributed by atoms with Crippen molar-refractivity contribution in [2.75, 3.05) is 18.9 Å². The van der Waals surface area contributed by atoms with Crippen molar-refractivity contribution in [3.05, 3.63) is 60.3 Å². The van der Waals surface area contributed by atoms with Crippen LogP contribution in [0.4, 0.5) is 5.82 Å². The molecule has 2 unspecified atom stereocenters. The summed E-state index contributed by atoms with van der Waals surface area (Å²) in [5.74, 6) is 0.898. The molecule has 36 heavy (non-hydrogen) atoms. The zero-order valence-corrected chi connectivity index (χ0v) is 21.3. The van der Waals surface area contributed by atoms with E-state index in [-0.39, 0.29) is 11.7 Å². The van der Waals surface area contributed by atoms with E-state index in [1.165, 1.54) is 10.5 Å². The van der Waals surface area contributed by atoms with Crippen molar-refractivity contribution in [3.63, 3.8) is 0 Å². The number of nitrogen functional groups attached to an aromatic ring is 1. The fourth-order valence-electron chi connectivity index (χ4n) is 3.87. The van der Waals surface area contributed by atoms with Gasteiger partial charge in [0.25, 0.3) is 5.89 Å². The second kappa shape index (κ2) is 11.2. The fourth-order valence-corrected chi connectivity index (χ4v) is 4.80. The van der Waals surface area contributed by atoms with Gasteiger partial charge in [-0.1, -0.05) is 38.1 Å². The van der Waals surface area contributed by atoms with E-state index in [0.717, 1.165) is 43.7 Å². The van der Waals surface area contributed by atoms with Crippen LogP contribution in [0.5, 0.6) is 0 Å². The number of anilines is 1. The topological polar surface area (TPSA) is 112 Å². The summed E-state index contributed by atoms with van der Waals surface area (Å²) in [5.41, 5.74) is 10.2. The Morgan fingerprint density at radius 1 is 1.06 bits per heavy atom. The van der Waals surface area contributed by atoms with E-state index in [1.807, 2.05) is 36.0 Å². The van der Waals surface area contributed by atoms with Gasteiger partial charge in [-0.3, -0.25) is 0 Å². The predicted octanol–water partition coefficient (Wildman–Crippen LogP) is 5.21. The third kappa shape index (κ3) is 5.75. The van der Waals surface area contributed by atoms with Crippen molar-refractivity contribution < 1.29 is 9.15 Å². The Bertz CT molecular complexity index is 1290. The lowest BCUT2D eigenvalue weighted by atomic mass is 10.1. The standard InChI is InChI=1S/C27H30N6O2S/c1-3-17(2)36-22-10-8-19(9-11-22)23-15-30-25(28)24(31-23)27-33-32-26(35-27)20-6-4-18(5-7-20)14-29-21-12-13-34-16-21/h4-11,15,17,21,29H,3,12-14,16H2,1-2H3,(H2,28,30). The molecule has 1 saturated heterocycles. The lowest BCUT2D eigenvalue weighted by Gasteiger charge is -2.10. The van der Waals surface area contributed by atoms with Gasteiger partial charge in [0.05, 0.1) is 18.5 Å². The lowest BCUT2D eigenvalue weighted by molar-refractivity contribution is 0.190. The number of thioether (sulfide) groups is 1. The molecule has 0 radical (unpaired) electrons. The molecule has 3 heterocycles. The summed E-state index contributed by atoms with van der Waals surface area (Å²) in [5, 5.41) is 12.5. The average Bonchev–Trinajstić information content (AvgIpc) is 3.61. The number of rotatable bonds is 9. The Morgan fingerprint density at radius 3 is 2.53 bits per heavy atom. The van der Waals surface area contributed by atoms with Crippen LogP contribution in [0.3, 0.4) is 0 Å². The van der Waals surface area contributed by atoms with Crippen molar-refractivity contribution in [3.8, 4) is 34.3 Å². The van der Waals surface area contributed by atoms with Gasteiger partial charge in [0.1, 0.15) is 0 Å². The fraction of sp³-hybridized carbons (Fsp3) is 0.333. The molecule has 9 heteroatoms. The Labute approximate surface area is 215 Å². The second-order valence-electron chi connectivity index (χ2n) is 8.90. The highest BCUT2D eigenvalue weighted by atomic mass is 32.2. The molecule has 4 aromatic rings. The zero-order chi connectivity index (χ0) is 24.9. The molecule has 1 aliphatic rings. The zero-order valence-electron chi connectivity index (χ0n) is 20.5. The summed E-state index contributed by atoms with van der Waals surface area (Å²) >= 11 is 1.86. The molecule has 0 aliphatic carbocycles. The smallest absolute Gasteiger partial charge is 0.270 e. The SMILES string of the molecule is CCC(C)Sc1ccc(-c2cnc(N)c(-c3nnc(-c4ccc(CNC5CCOC5)cc4)o3)n2)cc1. The van der Waals surface area contributed by atoms with Gasteiger partial charge in [0, 0.05) is 40.5 Å². The van der Waals surface area contributed by atoms with Crippen LogP contribution in [0.2, 0.25) is 0 Å². The number of benzene rings is 2. The number of nitrogens with one attached hydrogen (secondary N) is 1. The molecule has 2 aromatic carbocycles. The van der Waals surface area contributed by atoms with Crippen molar-refractivity contribution >= 4 is 17.6 Å². The first-order valence-electron chi connectivity index (χ1n) is 12.2. The van der Waals surface area contributed by atoms with Gasteiger partial charge in [-0.25, -0.2) is 9.97 Å². The summed E-state index contributed by atoms with van der Waals surface area (Å²) in [7, 11) is 0. The largest absolute Gasteiger partial charge is 0.414 e. The molecule has 0 amide bonds. The van der Waals surface area contributed by atoms with Crippen LogP contribution in [0.15, 0.2) is 64.0 Å².